The van der Waals surface area contributed by atoms with Gasteiger partial charge in [-0.3, -0.25) is 4.98 Å². The Hall–Kier alpha value is -3.78. The number of nitrogens with one attached hydrogen (secondary N) is 1. The quantitative estimate of drug-likeness (QED) is 0.478. The second-order valence-corrected chi connectivity index (χ2v) is 9.10. The molecule has 8 heteroatoms. The number of nitrogens with zero attached hydrogens (tertiary/aromatic N) is 1. The average molecular weight is 449 g/mol. The van der Waals surface area contributed by atoms with Crippen molar-refractivity contribution in [3.63, 3.8) is 0 Å². The number of fused-ring (bicyclic) bond motifs is 2. The molecule has 7 nitrogen and oxygen atoms in total. The minimum Gasteiger partial charge on any atom is -0.497 e. The van der Waals surface area contributed by atoms with E-state index < -0.39 is 9.84 Å². The maximum absolute atomic E-state index is 13.5. The molecule has 0 bridgehead atoms. The zero-order valence-electron chi connectivity index (χ0n) is 17.2. The first-order valence-electron chi connectivity index (χ1n) is 10.00. The van der Waals surface area contributed by atoms with E-state index in [0.29, 0.717) is 52.7 Å². The van der Waals surface area contributed by atoms with Crippen LogP contribution in [0, 0.1) is 0 Å². The molecule has 0 saturated heterocycles. The first kappa shape index (κ1) is 20.1. The van der Waals surface area contributed by atoms with Crippen LogP contribution in [0.3, 0.4) is 0 Å². The van der Waals surface area contributed by atoms with Gasteiger partial charge >= 0.3 is 0 Å². The first-order valence-corrected chi connectivity index (χ1v) is 11.5. The molecule has 1 aliphatic rings. The lowest BCUT2D eigenvalue weighted by Gasteiger charge is -2.20. The Kier molecular flexibility index (Phi) is 5.07. The van der Waals surface area contributed by atoms with Gasteiger partial charge in [0.25, 0.3) is 0 Å². The Labute approximate surface area is 185 Å². The number of sulfone groups is 1. The number of rotatable bonds is 5. The molecule has 0 radical (unpaired) electrons. The Morgan fingerprint density at radius 3 is 2.50 bits per heavy atom. The first-order chi connectivity index (χ1) is 15.6. The fourth-order valence-electron chi connectivity index (χ4n) is 3.61. The molecule has 4 aromatic rings. The molecule has 2 heterocycles. The number of hydrogen-bond donors (Lipinski definition) is 1. The molecule has 0 spiro atoms. The molecule has 3 aromatic carbocycles. The molecule has 5 rings (SSSR count). The Bertz CT molecular complexity index is 1410. The van der Waals surface area contributed by atoms with Crippen molar-refractivity contribution in [3.05, 3.63) is 72.9 Å². The minimum atomic E-state index is -3.84. The van der Waals surface area contributed by atoms with Gasteiger partial charge in [0.05, 0.1) is 23.2 Å². The molecule has 0 fully saturated rings. The van der Waals surface area contributed by atoms with Gasteiger partial charge in [0.15, 0.2) is 11.5 Å². The molecule has 0 unspecified atom stereocenters. The molecule has 1 N–H and O–H groups in total. The van der Waals surface area contributed by atoms with Gasteiger partial charge in [-0.1, -0.05) is 18.2 Å². The summed E-state index contributed by atoms with van der Waals surface area (Å²) in [5.41, 5.74) is 1.71. The van der Waals surface area contributed by atoms with Crippen LogP contribution in [0.5, 0.6) is 17.2 Å². The van der Waals surface area contributed by atoms with Crippen molar-refractivity contribution in [2.24, 2.45) is 0 Å². The van der Waals surface area contributed by atoms with Crippen molar-refractivity contribution in [1.29, 1.82) is 0 Å². The Morgan fingerprint density at radius 2 is 1.72 bits per heavy atom. The highest BCUT2D eigenvalue weighted by molar-refractivity contribution is 7.91. The molecule has 0 saturated carbocycles. The smallest absolute Gasteiger partial charge is 0.210 e. The lowest BCUT2D eigenvalue weighted by Crippen LogP contribution is -2.15. The van der Waals surface area contributed by atoms with E-state index in [1.807, 2.05) is 6.07 Å². The summed E-state index contributed by atoms with van der Waals surface area (Å²) < 4.78 is 43.7. The third-order valence-corrected chi connectivity index (χ3v) is 6.98. The van der Waals surface area contributed by atoms with Crippen molar-refractivity contribution in [2.45, 2.75) is 9.79 Å². The molecular formula is C24H20N2O5S. The van der Waals surface area contributed by atoms with E-state index in [2.05, 4.69) is 10.3 Å². The van der Waals surface area contributed by atoms with Crippen LogP contribution < -0.4 is 19.5 Å². The summed E-state index contributed by atoms with van der Waals surface area (Å²) in [6.45, 7) is 0.952. The number of anilines is 2. The summed E-state index contributed by atoms with van der Waals surface area (Å²) in [5.74, 6) is 1.85. The lowest BCUT2D eigenvalue weighted by atomic mass is 10.1. The monoisotopic (exact) mass is 448 g/mol. The summed E-state index contributed by atoms with van der Waals surface area (Å²) in [6.07, 6.45) is 1.39. The van der Waals surface area contributed by atoms with Crippen LogP contribution in [0.25, 0.3) is 10.9 Å². The predicted molar refractivity (Wildman–Crippen MR) is 121 cm³/mol. The maximum atomic E-state index is 13.5. The number of ether oxygens (including phenoxy) is 3. The topological polar surface area (TPSA) is 86.8 Å². The lowest BCUT2D eigenvalue weighted by molar-refractivity contribution is 0.171. The van der Waals surface area contributed by atoms with E-state index in [9.17, 15) is 8.42 Å². The van der Waals surface area contributed by atoms with Gasteiger partial charge in [0.1, 0.15) is 23.9 Å². The molecule has 0 aliphatic carbocycles. The third kappa shape index (κ3) is 3.58. The normalized spacial score (nSPS) is 13.0. The van der Waals surface area contributed by atoms with E-state index in [1.54, 1.807) is 67.8 Å². The highest BCUT2D eigenvalue weighted by atomic mass is 32.2. The predicted octanol–water partition coefficient (Wildman–Crippen LogP) is 4.59. The van der Waals surface area contributed by atoms with Crippen LogP contribution in [0.1, 0.15) is 0 Å². The molecular weight excluding hydrogens is 428 g/mol. The van der Waals surface area contributed by atoms with E-state index in [0.717, 1.165) is 0 Å². The van der Waals surface area contributed by atoms with E-state index in [1.165, 1.54) is 6.20 Å². The van der Waals surface area contributed by atoms with Crippen LogP contribution in [-0.4, -0.2) is 33.7 Å². The second kappa shape index (κ2) is 8.05. The highest BCUT2D eigenvalue weighted by Crippen LogP contribution is 2.39. The fourth-order valence-corrected chi connectivity index (χ4v) is 5.00. The van der Waals surface area contributed by atoms with Crippen LogP contribution in [0.2, 0.25) is 0 Å². The van der Waals surface area contributed by atoms with Crippen molar-refractivity contribution in [3.8, 4) is 17.2 Å². The molecule has 1 aliphatic heterocycles. The van der Waals surface area contributed by atoms with Crippen molar-refractivity contribution >= 4 is 32.1 Å². The SMILES string of the molecule is COc1ccc2ncc(S(=O)(=O)c3ccccc3)c(Nc3ccc4c(c3)OCCO4)c2c1. The summed E-state index contributed by atoms with van der Waals surface area (Å²) in [7, 11) is -2.28. The molecule has 1 aromatic heterocycles. The average Bonchev–Trinajstić information content (AvgIpc) is 2.84. The zero-order valence-corrected chi connectivity index (χ0v) is 18.1. The summed E-state index contributed by atoms with van der Waals surface area (Å²) in [6, 6.07) is 19.1. The van der Waals surface area contributed by atoms with Crippen molar-refractivity contribution < 1.29 is 22.6 Å². The van der Waals surface area contributed by atoms with Gasteiger partial charge in [-0.25, -0.2) is 8.42 Å². The number of hydrogen-bond acceptors (Lipinski definition) is 7. The second-order valence-electron chi connectivity index (χ2n) is 7.18. The van der Waals surface area contributed by atoms with Gasteiger partial charge in [0.2, 0.25) is 9.84 Å². The van der Waals surface area contributed by atoms with Crippen molar-refractivity contribution in [2.75, 3.05) is 25.6 Å². The fraction of sp³-hybridized carbons (Fsp3) is 0.125. The number of benzene rings is 3. The van der Waals surface area contributed by atoms with Gasteiger partial charge < -0.3 is 19.5 Å². The maximum Gasteiger partial charge on any atom is 0.210 e. The highest BCUT2D eigenvalue weighted by Gasteiger charge is 2.24. The minimum absolute atomic E-state index is 0.0688. The third-order valence-electron chi connectivity index (χ3n) is 5.19. The molecule has 32 heavy (non-hydrogen) atoms. The Balaban J connectivity index is 1.70. The van der Waals surface area contributed by atoms with Crippen LogP contribution in [-0.2, 0) is 9.84 Å². The van der Waals surface area contributed by atoms with Crippen LogP contribution in [0.4, 0.5) is 11.4 Å². The summed E-state index contributed by atoms with van der Waals surface area (Å²) in [4.78, 5) is 4.66. The summed E-state index contributed by atoms with van der Waals surface area (Å²) in [5, 5.41) is 3.90. The van der Waals surface area contributed by atoms with Gasteiger partial charge in [-0.2, -0.15) is 0 Å². The van der Waals surface area contributed by atoms with E-state index >= 15 is 0 Å². The van der Waals surface area contributed by atoms with E-state index in [-0.39, 0.29) is 9.79 Å². The van der Waals surface area contributed by atoms with Gasteiger partial charge in [-0.15, -0.1) is 0 Å². The largest absolute Gasteiger partial charge is 0.497 e. The number of methoxy groups -OCH3 is 1. The molecule has 0 atom stereocenters. The van der Waals surface area contributed by atoms with Crippen LogP contribution in [0.15, 0.2) is 82.7 Å². The summed E-state index contributed by atoms with van der Waals surface area (Å²) >= 11 is 0. The van der Waals surface area contributed by atoms with Crippen molar-refractivity contribution in [1.82, 2.24) is 4.98 Å². The number of aromatic nitrogens is 1. The number of pyridine rings is 1. The zero-order chi connectivity index (χ0) is 22.1. The van der Waals surface area contributed by atoms with Gasteiger partial charge in [0, 0.05) is 23.3 Å². The van der Waals surface area contributed by atoms with Gasteiger partial charge in [-0.05, 0) is 42.5 Å². The van der Waals surface area contributed by atoms with Crippen LogP contribution >= 0.6 is 0 Å². The molecule has 0 amide bonds. The standard InChI is InChI=1S/C24H20N2O5S/c1-29-17-8-9-20-19(14-17)24(26-16-7-10-21-22(13-16)31-12-11-30-21)23(15-25-20)32(27,28)18-5-3-2-4-6-18/h2-10,13-15H,11-12H2,1H3,(H,25,26). The Morgan fingerprint density at radius 1 is 0.938 bits per heavy atom. The van der Waals surface area contributed by atoms with E-state index in [4.69, 9.17) is 14.2 Å². The molecule has 162 valence electrons.